The van der Waals surface area contributed by atoms with Crippen LogP contribution in [0.3, 0.4) is 0 Å². The van der Waals surface area contributed by atoms with E-state index in [0.717, 1.165) is 5.01 Å². The number of nitrogens with zero attached hydrogens (tertiary/aromatic N) is 1. The molecule has 72 valence electrons. The second-order valence-corrected chi connectivity index (χ2v) is 3.65. The highest BCUT2D eigenvalue weighted by molar-refractivity contribution is 7.09. The molecular formula is C8H11NO3S. The first kappa shape index (κ1) is 10.1. The minimum absolute atomic E-state index is 0.0420. The lowest BCUT2D eigenvalue weighted by molar-refractivity contribution is -0.142. The molecule has 0 saturated heterocycles. The number of ether oxygens (including phenoxy) is 1. The van der Waals surface area contributed by atoms with Crippen molar-refractivity contribution in [2.45, 2.75) is 19.4 Å². The Hall–Kier alpha value is -0.940. The van der Waals surface area contributed by atoms with Gasteiger partial charge >= 0.3 is 5.97 Å². The van der Waals surface area contributed by atoms with E-state index in [2.05, 4.69) is 9.72 Å². The molecule has 1 heterocycles. The van der Waals surface area contributed by atoms with Crippen LogP contribution in [-0.4, -0.2) is 23.2 Å². The lowest BCUT2D eigenvalue weighted by Gasteiger charge is -2.04. The van der Waals surface area contributed by atoms with Gasteiger partial charge in [0.15, 0.2) is 0 Å². The van der Waals surface area contributed by atoms with Crippen molar-refractivity contribution in [2.75, 3.05) is 7.11 Å². The fourth-order valence-electron chi connectivity index (χ4n) is 0.879. The summed E-state index contributed by atoms with van der Waals surface area (Å²) in [4.78, 5) is 14.9. The van der Waals surface area contributed by atoms with Crippen LogP contribution >= 0.6 is 11.3 Å². The number of aliphatic hydroxyl groups excluding tert-OH is 1. The monoisotopic (exact) mass is 201 g/mol. The molecule has 0 aromatic carbocycles. The van der Waals surface area contributed by atoms with Crippen LogP contribution in [-0.2, 0) is 9.53 Å². The van der Waals surface area contributed by atoms with Gasteiger partial charge in [0.05, 0.1) is 24.2 Å². The number of aryl methyl sites for hydroxylation is 1. The molecule has 1 atom stereocenters. The predicted molar refractivity (Wildman–Crippen MR) is 48.4 cm³/mol. The van der Waals surface area contributed by atoms with Crippen molar-refractivity contribution >= 4 is 17.3 Å². The molecule has 1 N–H and O–H groups in total. The van der Waals surface area contributed by atoms with Gasteiger partial charge in [0.25, 0.3) is 0 Å². The third kappa shape index (κ3) is 2.78. The number of hydrogen-bond acceptors (Lipinski definition) is 5. The number of hydrogen-bond donors (Lipinski definition) is 1. The van der Waals surface area contributed by atoms with Crippen LogP contribution in [0, 0.1) is 6.92 Å². The van der Waals surface area contributed by atoms with Crippen LogP contribution in [0.1, 0.15) is 23.2 Å². The Morgan fingerprint density at radius 3 is 3.00 bits per heavy atom. The molecular weight excluding hydrogens is 190 g/mol. The highest BCUT2D eigenvalue weighted by atomic mass is 32.1. The van der Waals surface area contributed by atoms with E-state index >= 15 is 0 Å². The van der Waals surface area contributed by atoms with Gasteiger partial charge in [-0.3, -0.25) is 4.79 Å². The second-order valence-electron chi connectivity index (χ2n) is 2.59. The van der Waals surface area contributed by atoms with Gasteiger partial charge in [-0.05, 0) is 6.92 Å². The number of rotatable bonds is 3. The number of aliphatic hydroxyl groups is 1. The van der Waals surface area contributed by atoms with E-state index < -0.39 is 12.1 Å². The van der Waals surface area contributed by atoms with Gasteiger partial charge in [-0.15, -0.1) is 11.3 Å². The number of aromatic nitrogens is 1. The molecule has 0 amide bonds. The van der Waals surface area contributed by atoms with Crippen molar-refractivity contribution < 1.29 is 14.6 Å². The number of esters is 1. The van der Waals surface area contributed by atoms with E-state index in [1.54, 1.807) is 5.38 Å². The maximum atomic E-state index is 10.8. The minimum atomic E-state index is -0.850. The zero-order chi connectivity index (χ0) is 9.84. The first-order chi connectivity index (χ1) is 6.13. The van der Waals surface area contributed by atoms with Crippen LogP contribution in [0.25, 0.3) is 0 Å². The van der Waals surface area contributed by atoms with E-state index in [4.69, 9.17) is 0 Å². The quantitative estimate of drug-likeness (QED) is 0.742. The Morgan fingerprint density at radius 2 is 2.54 bits per heavy atom. The Bertz CT molecular complexity index is 297. The summed E-state index contributed by atoms with van der Waals surface area (Å²) in [6, 6.07) is 0. The Balaban J connectivity index is 2.58. The Kier molecular flexibility index (Phi) is 3.39. The first-order valence-corrected chi connectivity index (χ1v) is 4.68. The fraction of sp³-hybridized carbons (Fsp3) is 0.500. The van der Waals surface area contributed by atoms with E-state index in [1.165, 1.54) is 18.4 Å². The molecule has 13 heavy (non-hydrogen) atoms. The molecule has 0 aliphatic heterocycles. The van der Waals surface area contributed by atoms with Crippen LogP contribution in [0.4, 0.5) is 0 Å². The lowest BCUT2D eigenvalue weighted by Crippen LogP contribution is -2.08. The standard InChI is InChI=1S/C8H11NO3S/c1-5-9-6(4-13-5)7(10)3-8(11)12-2/h4,7,10H,3H2,1-2H3/t7-/m0/s1. The molecule has 1 rings (SSSR count). The van der Waals surface area contributed by atoms with Gasteiger partial charge < -0.3 is 9.84 Å². The summed E-state index contributed by atoms with van der Waals surface area (Å²) >= 11 is 1.44. The molecule has 0 unspecified atom stereocenters. The molecule has 0 aliphatic rings. The maximum absolute atomic E-state index is 10.8. The summed E-state index contributed by atoms with van der Waals surface area (Å²) in [6.07, 6.45) is -0.892. The average molecular weight is 201 g/mol. The lowest BCUT2D eigenvalue weighted by atomic mass is 10.2. The molecule has 0 saturated carbocycles. The highest BCUT2D eigenvalue weighted by Crippen LogP contribution is 2.18. The topological polar surface area (TPSA) is 59.4 Å². The molecule has 1 aromatic heterocycles. The van der Waals surface area contributed by atoms with E-state index in [0.29, 0.717) is 5.69 Å². The van der Waals surface area contributed by atoms with E-state index in [-0.39, 0.29) is 6.42 Å². The third-order valence-electron chi connectivity index (χ3n) is 1.57. The van der Waals surface area contributed by atoms with Crippen LogP contribution < -0.4 is 0 Å². The molecule has 1 aromatic rings. The summed E-state index contributed by atoms with van der Waals surface area (Å²) in [7, 11) is 1.29. The van der Waals surface area contributed by atoms with Gasteiger partial charge in [0.2, 0.25) is 0 Å². The molecule has 0 fully saturated rings. The number of thiazole rings is 1. The minimum Gasteiger partial charge on any atom is -0.469 e. The van der Waals surface area contributed by atoms with E-state index in [1.807, 2.05) is 6.92 Å². The molecule has 5 heteroatoms. The molecule has 0 bridgehead atoms. The van der Waals surface area contributed by atoms with E-state index in [9.17, 15) is 9.90 Å². The zero-order valence-electron chi connectivity index (χ0n) is 7.48. The summed E-state index contributed by atoms with van der Waals surface area (Å²) in [5.41, 5.74) is 0.535. The SMILES string of the molecule is COC(=O)C[C@H](O)c1csc(C)n1. The molecule has 4 nitrogen and oxygen atoms in total. The van der Waals surface area contributed by atoms with Crippen molar-refractivity contribution in [3.63, 3.8) is 0 Å². The van der Waals surface area contributed by atoms with Crippen molar-refractivity contribution in [1.29, 1.82) is 0 Å². The van der Waals surface area contributed by atoms with Gasteiger partial charge in [0.1, 0.15) is 6.10 Å². The smallest absolute Gasteiger partial charge is 0.308 e. The average Bonchev–Trinajstić information content (AvgIpc) is 2.51. The van der Waals surface area contributed by atoms with Crippen molar-refractivity contribution in [2.24, 2.45) is 0 Å². The van der Waals surface area contributed by atoms with Gasteiger partial charge in [-0.25, -0.2) is 4.98 Å². The zero-order valence-corrected chi connectivity index (χ0v) is 8.30. The predicted octanol–water partition coefficient (Wildman–Crippen LogP) is 1.05. The van der Waals surface area contributed by atoms with Crippen molar-refractivity contribution in [3.05, 3.63) is 16.1 Å². The van der Waals surface area contributed by atoms with Gasteiger partial charge in [0, 0.05) is 5.38 Å². The van der Waals surface area contributed by atoms with Gasteiger partial charge in [-0.1, -0.05) is 0 Å². The maximum Gasteiger partial charge on any atom is 0.308 e. The first-order valence-electron chi connectivity index (χ1n) is 3.80. The van der Waals surface area contributed by atoms with Crippen molar-refractivity contribution in [1.82, 2.24) is 4.98 Å². The number of carbonyl (C=O) groups is 1. The third-order valence-corrected chi connectivity index (χ3v) is 2.36. The molecule has 0 spiro atoms. The largest absolute Gasteiger partial charge is 0.469 e. The fourth-order valence-corrected chi connectivity index (χ4v) is 1.54. The van der Waals surface area contributed by atoms with Crippen LogP contribution in [0.5, 0.6) is 0 Å². The Labute approximate surface area is 80.2 Å². The summed E-state index contributed by atoms with van der Waals surface area (Å²) in [5.74, 6) is -0.432. The number of methoxy groups -OCH3 is 1. The van der Waals surface area contributed by atoms with Gasteiger partial charge in [-0.2, -0.15) is 0 Å². The molecule has 0 radical (unpaired) electrons. The van der Waals surface area contributed by atoms with Crippen molar-refractivity contribution in [3.8, 4) is 0 Å². The second kappa shape index (κ2) is 4.34. The normalized spacial score (nSPS) is 12.5. The summed E-state index contributed by atoms with van der Waals surface area (Å²) < 4.78 is 4.43. The molecule has 0 aliphatic carbocycles. The summed E-state index contributed by atoms with van der Waals surface area (Å²) in [5, 5.41) is 12.1. The highest BCUT2D eigenvalue weighted by Gasteiger charge is 2.15. The van der Waals surface area contributed by atoms with Crippen LogP contribution in [0.2, 0.25) is 0 Å². The number of carbonyl (C=O) groups excluding carboxylic acids is 1. The Morgan fingerprint density at radius 1 is 1.85 bits per heavy atom. The summed E-state index contributed by atoms with van der Waals surface area (Å²) in [6.45, 7) is 1.85. The van der Waals surface area contributed by atoms with Crippen LogP contribution in [0.15, 0.2) is 5.38 Å².